The van der Waals surface area contributed by atoms with Crippen LogP contribution in [0.4, 0.5) is 10.5 Å². The lowest BCUT2D eigenvalue weighted by atomic mass is 10.1. The number of pyridine rings is 1. The van der Waals surface area contributed by atoms with Gasteiger partial charge in [-0.2, -0.15) is 0 Å². The van der Waals surface area contributed by atoms with E-state index in [1.165, 1.54) is 6.20 Å². The molecule has 0 bridgehead atoms. The van der Waals surface area contributed by atoms with Gasteiger partial charge in [0.2, 0.25) is 5.88 Å². The third kappa shape index (κ3) is 2.70. The summed E-state index contributed by atoms with van der Waals surface area (Å²) < 4.78 is 11.6. The normalized spacial score (nSPS) is 21.7. The molecule has 3 heterocycles. The predicted octanol–water partition coefficient (Wildman–Crippen LogP) is 3.30. The molecule has 2 aromatic rings. The average molecular weight is 353 g/mol. The number of amides is 3. The number of anilines is 1. The van der Waals surface area contributed by atoms with Gasteiger partial charge in [0, 0.05) is 11.6 Å². The highest BCUT2D eigenvalue weighted by molar-refractivity contribution is 6.21. The molecule has 0 saturated carbocycles. The second kappa shape index (κ2) is 6.42. The van der Waals surface area contributed by atoms with Gasteiger partial charge in [-0.25, -0.2) is 14.7 Å². The Hall–Kier alpha value is -2.93. The van der Waals surface area contributed by atoms with Crippen molar-refractivity contribution in [3.05, 3.63) is 47.7 Å². The Labute approximate surface area is 150 Å². The fraction of sp³-hybridized carbons (Fsp3) is 0.316. The number of hydrogen-bond acceptors (Lipinski definition) is 5. The highest BCUT2D eigenvalue weighted by Gasteiger charge is 2.38. The summed E-state index contributed by atoms with van der Waals surface area (Å²) in [5.74, 6) is 0.828. The van der Waals surface area contributed by atoms with Gasteiger partial charge in [-0.1, -0.05) is 19.1 Å². The summed E-state index contributed by atoms with van der Waals surface area (Å²) in [6.45, 7) is 4.41. The van der Waals surface area contributed by atoms with E-state index in [4.69, 9.17) is 9.47 Å². The van der Waals surface area contributed by atoms with E-state index in [2.05, 4.69) is 10.3 Å². The third-order valence-electron chi connectivity index (χ3n) is 4.67. The van der Waals surface area contributed by atoms with E-state index in [-0.39, 0.29) is 12.0 Å². The van der Waals surface area contributed by atoms with Crippen LogP contribution >= 0.6 is 0 Å². The standard InChI is InChI=1S/C19H19N3O4/c1-3-14-18(23)22(19(24)21-14)13-7-8-16(20-9-13)26-15-6-4-5-12-10-25-11(2)17(12)15/h4-9,11,14H,3,10H2,1-2H3,(H,21,24)/t11?,14-/m1/s1. The molecule has 3 amide bonds. The topological polar surface area (TPSA) is 80.8 Å². The molecule has 4 rings (SSSR count). The van der Waals surface area contributed by atoms with Gasteiger partial charge in [0.1, 0.15) is 11.8 Å². The van der Waals surface area contributed by atoms with Crippen molar-refractivity contribution < 1.29 is 19.1 Å². The number of urea groups is 1. The van der Waals surface area contributed by atoms with Crippen LogP contribution in [0, 0.1) is 0 Å². The maximum Gasteiger partial charge on any atom is 0.329 e. The number of rotatable bonds is 4. The maximum atomic E-state index is 12.3. The minimum Gasteiger partial charge on any atom is -0.439 e. The molecule has 1 fully saturated rings. The van der Waals surface area contributed by atoms with Crippen LogP contribution in [0.15, 0.2) is 36.5 Å². The Morgan fingerprint density at radius 2 is 2.15 bits per heavy atom. The zero-order valence-electron chi connectivity index (χ0n) is 14.6. The van der Waals surface area contributed by atoms with Crippen molar-refractivity contribution in [3.63, 3.8) is 0 Å². The molecule has 1 aromatic heterocycles. The second-order valence-corrected chi connectivity index (χ2v) is 6.32. The molecule has 1 saturated heterocycles. The van der Waals surface area contributed by atoms with Crippen LogP contribution in [-0.4, -0.2) is 23.0 Å². The Morgan fingerprint density at radius 1 is 1.31 bits per heavy atom. The molecule has 1 N–H and O–H groups in total. The number of nitrogens with one attached hydrogen (secondary N) is 1. The minimum atomic E-state index is -0.480. The highest BCUT2D eigenvalue weighted by Crippen LogP contribution is 2.38. The van der Waals surface area contributed by atoms with Gasteiger partial charge in [-0.05, 0) is 31.0 Å². The number of carbonyl (C=O) groups excluding carboxylic acids is 2. The van der Waals surface area contributed by atoms with Crippen molar-refractivity contribution in [1.29, 1.82) is 0 Å². The summed E-state index contributed by atoms with van der Waals surface area (Å²) in [6, 6.07) is 8.21. The lowest BCUT2D eigenvalue weighted by molar-refractivity contribution is -0.118. The first-order chi connectivity index (χ1) is 12.6. The first-order valence-electron chi connectivity index (χ1n) is 8.60. The van der Waals surface area contributed by atoms with Gasteiger partial charge in [-0.15, -0.1) is 0 Å². The highest BCUT2D eigenvalue weighted by atomic mass is 16.5. The van der Waals surface area contributed by atoms with Gasteiger partial charge in [0.25, 0.3) is 5.91 Å². The lowest BCUT2D eigenvalue weighted by Gasteiger charge is -2.14. The van der Waals surface area contributed by atoms with Crippen LogP contribution in [-0.2, 0) is 16.1 Å². The fourth-order valence-electron chi connectivity index (χ4n) is 3.29. The van der Waals surface area contributed by atoms with Crippen molar-refractivity contribution in [2.45, 2.75) is 39.0 Å². The first kappa shape index (κ1) is 16.5. The monoisotopic (exact) mass is 353 g/mol. The third-order valence-corrected chi connectivity index (χ3v) is 4.67. The molecule has 26 heavy (non-hydrogen) atoms. The minimum absolute atomic E-state index is 0.0302. The Balaban J connectivity index is 1.56. The van der Waals surface area contributed by atoms with E-state index in [1.807, 2.05) is 32.0 Å². The Kier molecular flexibility index (Phi) is 4.08. The van der Waals surface area contributed by atoms with E-state index in [0.29, 0.717) is 30.3 Å². The quantitative estimate of drug-likeness (QED) is 0.853. The maximum absolute atomic E-state index is 12.3. The van der Waals surface area contributed by atoms with Crippen LogP contribution in [0.25, 0.3) is 0 Å². The van der Waals surface area contributed by atoms with Crippen LogP contribution in [0.1, 0.15) is 37.5 Å². The molecule has 0 spiro atoms. The molecule has 0 radical (unpaired) electrons. The molecular weight excluding hydrogens is 334 g/mol. The Morgan fingerprint density at radius 3 is 2.85 bits per heavy atom. The van der Waals surface area contributed by atoms with Crippen molar-refractivity contribution >= 4 is 17.6 Å². The molecule has 1 unspecified atom stereocenters. The van der Waals surface area contributed by atoms with Crippen molar-refractivity contribution in [2.24, 2.45) is 0 Å². The molecule has 2 aliphatic rings. The molecule has 2 aliphatic heterocycles. The predicted molar refractivity (Wildman–Crippen MR) is 94.1 cm³/mol. The summed E-state index contributed by atoms with van der Waals surface area (Å²) >= 11 is 0. The zero-order chi connectivity index (χ0) is 18.3. The lowest BCUT2D eigenvalue weighted by Crippen LogP contribution is -2.31. The van der Waals surface area contributed by atoms with Crippen LogP contribution in [0.5, 0.6) is 11.6 Å². The van der Waals surface area contributed by atoms with Gasteiger partial charge in [0.05, 0.1) is 24.6 Å². The summed E-state index contributed by atoms with van der Waals surface area (Å²) in [4.78, 5) is 29.6. The smallest absolute Gasteiger partial charge is 0.329 e. The van der Waals surface area contributed by atoms with Crippen molar-refractivity contribution in [1.82, 2.24) is 10.3 Å². The van der Waals surface area contributed by atoms with Crippen LogP contribution in [0.2, 0.25) is 0 Å². The van der Waals surface area contributed by atoms with Crippen LogP contribution < -0.4 is 15.0 Å². The van der Waals surface area contributed by atoms with Gasteiger partial charge < -0.3 is 14.8 Å². The van der Waals surface area contributed by atoms with E-state index < -0.39 is 12.1 Å². The zero-order valence-corrected chi connectivity index (χ0v) is 14.6. The second-order valence-electron chi connectivity index (χ2n) is 6.32. The molecular formula is C19H19N3O4. The number of fused-ring (bicyclic) bond motifs is 1. The number of nitrogens with zero attached hydrogens (tertiary/aromatic N) is 2. The summed E-state index contributed by atoms with van der Waals surface area (Å²) in [5.41, 5.74) is 2.56. The summed E-state index contributed by atoms with van der Waals surface area (Å²) in [7, 11) is 0. The van der Waals surface area contributed by atoms with E-state index >= 15 is 0 Å². The molecule has 7 nitrogen and oxygen atoms in total. The summed E-state index contributed by atoms with van der Waals surface area (Å²) in [6.07, 6.45) is 1.99. The number of carbonyl (C=O) groups is 2. The molecule has 7 heteroatoms. The van der Waals surface area contributed by atoms with Crippen molar-refractivity contribution in [3.8, 4) is 11.6 Å². The van der Waals surface area contributed by atoms with E-state index in [1.54, 1.807) is 12.1 Å². The molecule has 2 atom stereocenters. The van der Waals surface area contributed by atoms with E-state index in [9.17, 15) is 9.59 Å². The number of hydrogen-bond donors (Lipinski definition) is 1. The molecule has 0 aliphatic carbocycles. The first-order valence-corrected chi connectivity index (χ1v) is 8.60. The van der Waals surface area contributed by atoms with Gasteiger partial charge >= 0.3 is 6.03 Å². The van der Waals surface area contributed by atoms with Crippen molar-refractivity contribution in [2.75, 3.05) is 4.90 Å². The van der Waals surface area contributed by atoms with Gasteiger partial charge in [-0.3, -0.25) is 4.79 Å². The summed E-state index contributed by atoms with van der Waals surface area (Å²) in [5, 5.41) is 2.65. The fourth-order valence-corrected chi connectivity index (χ4v) is 3.29. The van der Waals surface area contributed by atoms with Crippen LogP contribution in [0.3, 0.4) is 0 Å². The molecule has 134 valence electrons. The number of aromatic nitrogens is 1. The number of benzene rings is 1. The Bertz CT molecular complexity index is 866. The number of ether oxygens (including phenoxy) is 2. The molecule has 1 aromatic carbocycles. The van der Waals surface area contributed by atoms with Gasteiger partial charge in [0.15, 0.2) is 0 Å². The van der Waals surface area contributed by atoms with E-state index in [0.717, 1.165) is 16.0 Å². The average Bonchev–Trinajstić information content (AvgIpc) is 3.16. The largest absolute Gasteiger partial charge is 0.439 e. The SMILES string of the molecule is CC[C@H]1NC(=O)N(c2ccc(Oc3cccc4c3C(C)OC4)nc2)C1=O. The number of imide groups is 1.